The van der Waals surface area contributed by atoms with Gasteiger partial charge >= 0.3 is 5.97 Å². The highest BCUT2D eigenvalue weighted by atomic mass is 35.5. The van der Waals surface area contributed by atoms with Crippen LogP contribution in [0.15, 0.2) is 18.2 Å². The first kappa shape index (κ1) is 14.2. The Hall–Kier alpha value is -1.26. The molecule has 0 unspecified atom stereocenters. The largest absolute Gasteiger partial charge is 0.478 e. The average Bonchev–Trinajstić information content (AvgIpc) is 3.19. The first-order valence-electron chi connectivity index (χ1n) is 6.51. The molecule has 0 amide bonds. The molecule has 1 saturated carbocycles. The van der Waals surface area contributed by atoms with E-state index >= 15 is 0 Å². The first-order valence-corrected chi connectivity index (χ1v) is 6.89. The van der Waals surface area contributed by atoms with Crippen LogP contribution in [0.3, 0.4) is 0 Å². The van der Waals surface area contributed by atoms with Crippen molar-refractivity contribution in [3.05, 3.63) is 28.8 Å². The Kier molecular flexibility index (Phi) is 5.05. The molecule has 0 bridgehead atoms. The number of halogens is 1. The van der Waals surface area contributed by atoms with Gasteiger partial charge in [0, 0.05) is 19.8 Å². The Morgan fingerprint density at radius 2 is 2.26 bits per heavy atom. The maximum atomic E-state index is 10.8. The van der Waals surface area contributed by atoms with E-state index in [1.807, 2.05) is 0 Å². The van der Waals surface area contributed by atoms with E-state index in [0.717, 1.165) is 37.8 Å². The van der Waals surface area contributed by atoms with Crippen molar-refractivity contribution in [3.63, 3.8) is 0 Å². The summed E-state index contributed by atoms with van der Waals surface area (Å²) >= 11 is 6.01. The molecule has 0 aliphatic heterocycles. The SMILES string of the molecule is O=C(O)c1ccc(NCCCOCC2CC2)c(Cl)c1. The predicted octanol–water partition coefficient (Wildman–Crippen LogP) is 3.27. The lowest BCUT2D eigenvalue weighted by Gasteiger charge is -2.09. The van der Waals surface area contributed by atoms with Crippen LogP contribution >= 0.6 is 11.6 Å². The Morgan fingerprint density at radius 3 is 2.89 bits per heavy atom. The number of carbonyl (C=O) groups is 1. The first-order chi connectivity index (χ1) is 9.16. The molecule has 0 radical (unpaired) electrons. The lowest BCUT2D eigenvalue weighted by molar-refractivity contribution is 0.0697. The molecule has 0 spiro atoms. The number of ether oxygens (including phenoxy) is 1. The van der Waals surface area contributed by atoms with Crippen molar-refractivity contribution in [1.29, 1.82) is 0 Å². The van der Waals surface area contributed by atoms with Crippen molar-refractivity contribution in [2.75, 3.05) is 25.1 Å². The number of aromatic carboxylic acids is 1. The van der Waals surface area contributed by atoms with E-state index in [1.54, 1.807) is 12.1 Å². The van der Waals surface area contributed by atoms with Crippen molar-refractivity contribution in [3.8, 4) is 0 Å². The molecule has 4 nitrogen and oxygen atoms in total. The number of hydrogen-bond acceptors (Lipinski definition) is 3. The zero-order valence-electron chi connectivity index (χ0n) is 10.7. The van der Waals surface area contributed by atoms with Crippen LogP contribution in [-0.4, -0.2) is 30.8 Å². The highest BCUT2D eigenvalue weighted by molar-refractivity contribution is 6.33. The van der Waals surface area contributed by atoms with Crippen LogP contribution in [0.1, 0.15) is 29.6 Å². The predicted molar refractivity (Wildman–Crippen MR) is 75.1 cm³/mol. The summed E-state index contributed by atoms with van der Waals surface area (Å²) in [6.07, 6.45) is 3.53. The zero-order valence-corrected chi connectivity index (χ0v) is 11.4. The van der Waals surface area contributed by atoms with Gasteiger partial charge in [-0.3, -0.25) is 0 Å². The molecular formula is C14H18ClNO3. The number of anilines is 1. The van der Waals surface area contributed by atoms with E-state index in [-0.39, 0.29) is 5.56 Å². The van der Waals surface area contributed by atoms with Crippen molar-refractivity contribution in [1.82, 2.24) is 0 Å². The quantitative estimate of drug-likeness (QED) is 0.719. The number of rotatable bonds is 8. The Labute approximate surface area is 117 Å². The fourth-order valence-corrected chi connectivity index (χ4v) is 1.97. The summed E-state index contributed by atoms with van der Waals surface area (Å²) in [5, 5.41) is 12.4. The highest BCUT2D eigenvalue weighted by Crippen LogP contribution is 2.28. The summed E-state index contributed by atoms with van der Waals surface area (Å²) in [5.41, 5.74) is 0.956. The number of nitrogens with one attached hydrogen (secondary N) is 1. The molecule has 1 aliphatic rings. The molecular weight excluding hydrogens is 266 g/mol. The number of hydrogen-bond donors (Lipinski definition) is 2. The third kappa shape index (κ3) is 4.73. The maximum Gasteiger partial charge on any atom is 0.335 e. The number of carboxylic acid groups (broad SMARTS) is 1. The smallest absolute Gasteiger partial charge is 0.335 e. The summed E-state index contributed by atoms with van der Waals surface area (Å²) in [5.74, 6) is -0.173. The highest BCUT2D eigenvalue weighted by Gasteiger charge is 2.20. The van der Waals surface area contributed by atoms with Crippen LogP contribution in [0, 0.1) is 5.92 Å². The van der Waals surface area contributed by atoms with Gasteiger partial charge in [-0.2, -0.15) is 0 Å². The Morgan fingerprint density at radius 1 is 1.47 bits per heavy atom. The van der Waals surface area contributed by atoms with Gasteiger partial charge in [-0.1, -0.05) is 11.6 Å². The lowest BCUT2D eigenvalue weighted by Crippen LogP contribution is -2.07. The molecule has 0 saturated heterocycles. The van der Waals surface area contributed by atoms with Gasteiger partial charge in [0.05, 0.1) is 16.3 Å². The van der Waals surface area contributed by atoms with Crippen LogP contribution in [0.5, 0.6) is 0 Å². The minimum atomic E-state index is -0.970. The van der Waals surface area contributed by atoms with E-state index in [0.29, 0.717) is 5.02 Å². The van der Waals surface area contributed by atoms with Crippen LogP contribution in [0.4, 0.5) is 5.69 Å². The lowest BCUT2D eigenvalue weighted by atomic mass is 10.2. The van der Waals surface area contributed by atoms with E-state index in [9.17, 15) is 4.79 Å². The van der Waals surface area contributed by atoms with Gasteiger partial charge in [-0.15, -0.1) is 0 Å². The van der Waals surface area contributed by atoms with Gasteiger partial charge in [0.15, 0.2) is 0 Å². The summed E-state index contributed by atoms with van der Waals surface area (Å²) in [7, 11) is 0. The van der Waals surface area contributed by atoms with Crippen molar-refractivity contribution in [2.45, 2.75) is 19.3 Å². The summed E-state index contributed by atoms with van der Waals surface area (Å²) in [6, 6.07) is 4.69. The maximum absolute atomic E-state index is 10.8. The van der Waals surface area contributed by atoms with Crippen LogP contribution in [0.25, 0.3) is 0 Å². The van der Waals surface area contributed by atoms with Gasteiger partial charge in [-0.05, 0) is 43.4 Å². The molecule has 5 heteroatoms. The summed E-state index contributed by atoms with van der Waals surface area (Å²) < 4.78 is 5.53. The van der Waals surface area contributed by atoms with Crippen molar-refractivity contribution >= 4 is 23.3 Å². The van der Waals surface area contributed by atoms with Crippen LogP contribution < -0.4 is 5.32 Å². The topological polar surface area (TPSA) is 58.6 Å². The third-order valence-electron chi connectivity index (χ3n) is 3.05. The molecule has 2 N–H and O–H groups in total. The van der Waals surface area contributed by atoms with Gasteiger partial charge in [0.2, 0.25) is 0 Å². The average molecular weight is 284 g/mol. The van der Waals surface area contributed by atoms with Crippen LogP contribution in [-0.2, 0) is 4.74 Å². The number of carboxylic acids is 1. The van der Waals surface area contributed by atoms with Crippen LogP contribution in [0.2, 0.25) is 5.02 Å². The Bertz CT molecular complexity index is 446. The molecule has 104 valence electrons. The van der Waals surface area contributed by atoms with Gasteiger partial charge in [0.25, 0.3) is 0 Å². The van der Waals surface area contributed by atoms with E-state index in [4.69, 9.17) is 21.4 Å². The molecule has 2 rings (SSSR count). The van der Waals surface area contributed by atoms with Gasteiger partial charge < -0.3 is 15.2 Å². The Balaban J connectivity index is 1.68. The molecule has 1 aromatic carbocycles. The second-order valence-electron chi connectivity index (χ2n) is 4.80. The minimum Gasteiger partial charge on any atom is -0.478 e. The van der Waals surface area contributed by atoms with Crippen molar-refractivity contribution < 1.29 is 14.6 Å². The standard InChI is InChI=1S/C14H18ClNO3/c15-12-8-11(14(17)18)4-5-13(12)16-6-1-7-19-9-10-2-3-10/h4-5,8,10,16H,1-3,6-7,9H2,(H,17,18). The molecule has 1 aliphatic carbocycles. The van der Waals surface area contributed by atoms with Crippen molar-refractivity contribution in [2.24, 2.45) is 5.92 Å². The minimum absolute atomic E-state index is 0.198. The molecule has 0 heterocycles. The molecule has 0 aromatic heterocycles. The summed E-state index contributed by atoms with van der Waals surface area (Å²) in [4.78, 5) is 10.8. The fraction of sp³-hybridized carbons (Fsp3) is 0.500. The second kappa shape index (κ2) is 6.78. The number of benzene rings is 1. The monoisotopic (exact) mass is 283 g/mol. The third-order valence-corrected chi connectivity index (χ3v) is 3.36. The zero-order chi connectivity index (χ0) is 13.7. The van der Waals surface area contributed by atoms with E-state index in [1.165, 1.54) is 18.9 Å². The fourth-order valence-electron chi connectivity index (χ4n) is 1.72. The molecule has 19 heavy (non-hydrogen) atoms. The van der Waals surface area contributed by atoms with Gasteiger partial charge in [-0.25, -0.2) is 4.79 Å². The van der Waals surface area contributed by atoms with E-state index < -0.39 is 5.97 Å². The molecule has 1 fully saturated rings. The molecule has 1 aromatic rings. The molecule has 0 atom stereocenters. The normalized spacial score (nSPS) is 14.4. The van der Waals surface area contributed by atoms with E-state index in [2.05, 4.69) is 5.32 Å². The summed E-state index contributed by atoms with van der Waals surface area (Å²) in [6.45, 7) is 2.39. The van der Waals surface area contributed by atoms with Gasteiger partial charge in [0.1, 0.15) is 0 Å². The second-order valence-corrected chi connectivity index (χ2v) is 5.21.